The number of rotatable bonds is 3. The van der Waals surface area contributed by atoms with Gasteiger partial charge in [-0.25, -0.2) is 0 Å². The largest absolute Gasteiger partial charge is 0.486 e. The van der Waals surface area contributed by atoms with Gasteiger partial charge in [0.1, 0.15) is 19.1 Å². The molecule has 0 aliphatic carbocycles. The molecule has 2 N–H and O–H groups in total. The maximum Gasteiger partial charge on any atom is 0.239 e. The van der Waals surface area contributed by atoms with Crippen LogP contribution in [0.3, 0.4) is 0 Å². The molecule has 0 spiro atoms. The molecule has 3 heterocycles. The lowest BCUT2D eigenvalue weighted by molar-refractivity contribution is -0.140. The predicted octanol–water partition coefficient (Wildman–Crippen LogP) is 1.18. The minimum absolute atomic E-state index is 0. The van der Waals surface area contributed by atoms with Crippen LogP contribution in [0.1, 0.15) is 19.3 Å². The Labute approximate surface area is 158 Å². The lowest BCUT2D eigenvalue weighted by Gasteiger charge is -2.26. The monoisotopic (exact) mass is 381 g/mol. The van der Waals surface area contributed by atoms with Gasteiger partial charge in [-0.3, -0.25) is 9.59 Å². The van der Waals surface area contributed by atoms with E-state index < -0.39 is 5.92 Å². The maximum absolute atomic E-state index is 12.8. The molecule has 1 aromatic carbocycles. The Kier molecular flexibility index (Phi) is 5.58. The van der Waals surface area contributed by atoms with Crippen molar-refractivity contribution in [2.75, 3.05) is 37.7 Å². The van der Waals surface area contributed by atoms with Gasteiger partial charge in [0.25, 0.3) is 0 Å². The third kappa shape index (κ3) is 3.21. The summed E-state index contributed by atoms with van der Waals surface area (Å²) in [6, 6.07) is 5.55. The summed E-state index contributed by atoms with van der Waals surface area (Å²) in [5, 5.41) is 0. The molecule has 2 amide bonds. The second-order valence-corrected chi connectivity index (χ2v) is 6.72. The molecule has 3 aliphatic heterocycles. The van der Waals surface area contributed by atoms with Crippen molar-refractivity contribution in [3.63, 3.8) is 0 Å². The van der Waals surface area contributed by atoms with E-state index >= 15 is 0 Å². The van der Waals surface area contributed by atoms with Crippen molar-refractivity contribution in [1.29, 1.82) is 0 Å². The van der Waals surface area contributed by atoms with Gasteiger partial charge < -0.3 is 25.0 Å². The van der Waals surface area contributed by atoms with Crippen LogP contribution in [0.25, 0.3) is 0 Å². The van der Waals surface area contributed by atoms with Crippen molar-refractivity contribution in [1.82, 2.24) is 4.90 Å². The number of ether oxygens (including phenoxy) is 2. The van der Waals surface area contributed by atoms with Gasteiger partial charge in [0, 0.05) is 37.4 Å². The van der Waals surface area contributed by atoms with E-state index in [0.29, 0.717) is 50.8 Å². The quantitative estimate of drug-likeness (QED) is 0.795. The number of fused-ring (bicyclic) bond motifs is 1. The van der Waals surface area contributed by atoms with Gasteiger partial charge >= 0.3 is 0 Å². The summed E-state index contributed by atoms with van der Waals surface area (Å²) in [5.74, 6) is 0.536. The number of amides is 2. The fourth-order valence-corrected chi connectivity index (χ4v) is 3.94. The first-order valence-corrected chi connectivity index (χ1v) is 8.90. The van der Waals surface area contributed by atoms with E-state index in [1.807, 2.05) is 18.2 Å². The first-order chi connectivity index (χ1) is 12.2. The van der Waals surface area contributed by atoms with Crippen LogP contribution in [0.2, 0.25) is 0 Å². The van der Waals surface area contributed by atoms with Crippen molar-refractivity contribution in [2.45, 2.75) is 25.3 Å². The zero-order valence-electron chi connectivity index (χ0n) is 14.6. The number of hydrogen-bond donors (Lipinski definition) is 1. The van der Waals surface area contributed by atoms with E-state index in [9.17, 15) is 9.59 Å². The van der Waals surface area contributed by atoms with Crippen LogP contribution < -0.4 is 20.1 Å². The predicted molar refractivity (Wildman–Crippen MR) is 98.9 cm³/mol. The lowest BCUT2D eigenvalue weighted by Crippen LogP contribution is -2.45. The van der Waals surface area contributed by atoms with Crippen LogP contribution >= 0.6 is 12.4 Å². The van der Waals surface area contributed by atoms with Gasteiger partial charge in [-0.1, -0.05) is 0 Å². The number of benzene rings is 1. The topological polar surface area (TPSA) is 85.1 Å². The molecule has 142 valence electrons. The number of likely N-dealkylation sites (tertiary alicyclic amines) is 1. The van der Waals surface area contributed by atoms with Crippen molar-refractivity contribution in [2.24, 2.45) is 11.7 Å². The van der Waals surface area contributed by atoms with Gasteiger partial charge in [0.15, 0.2) is 11.5 Å². The number of carbonyl (C=O) groups is 2. The number of nitrogens with zero attached hydrogens (tertiary/aromatic N) is 2. The number of halogens is 1. The normalized spacial score (nSPS) is 24.6. The van der Waals surface area contributed by atoms with E-state index in [-0.39, 0.29) is 30.3 Å². The smallest absolute Gasteiger partial charge is 0.239 e. The minimum Gasteiger partial charge on any atom is -0.486 e. The Morgan fingerprint density at radius 1 is 1.15 bits per heavy atom. The molecule has 7 nitrogen and oxygen atoms in total. The minimum atomic E-state index is -0.597. The maximum atomic E-state index is 12.8. The third-order valence-corrected chi connectivity index (χ3v) is 5.27. The van der Waals surface area contributed by atoms with Crippen LogP contribution in [0.15, 0.2) is 18.2 Å². The van der Waals surface area contributed by atoms with Gasteiger partial charge in [0.05, 0.1) is 0 Å². The summed E-state index contributed by atoms with van der Waals surface area (Å²) in [5.41, 5.74) is 6.51. The van der Waals surface area contributed by atoms with E-state index in [1.54, 1.807) is 9.80 Å². The molecule has 2 unspecified atom stereocenters. The molecule has 0 bridgehead atoms. The molecular weight excluding hydrogens is 358 g/mol. The molecule has 2 atom stereocenters. The highest BCUT2D eigenvalue weighted by molar-refractivity contribution is 6.09. The Morgan fingerprint density at radius 2 is 1.92 bits per heavy atom. The standard InChI is InChI=1S/C18H23N3O4.ClH/c19-11-13-2-1-6-20(13)17(22)14-5-7-21(18(14)23)12-3-4-15-16(10-12)25-9-8-24-15;/h3-4,10,13-14H,1-2,5-9,11,19H2;1H. The first kappa shape index (κ1) is 18.8. The number of carbonyl (C=O) groups excluding carboxylic acids is 2. The molecule has 8 heteroatoms. The summed E-state index contributed by atoms with van der Waals surface area (Å²) >= 11 is 0. The Balaban J connectivity index is 0.00000196. The zero-order valence-corrected chi connectivity index (χ0v) is 15.4. The van der Waals surface area contributed by atoms with Gasteiger partial charge in [-0.15, -0.1) is 12.4 Å². The second-order valence-electron chi connectivity index (χ2n) is 6.72. The van der Waals surface area contributed by atoms with Crippen LogP contribution in [0, 0.1) is 5.92 Å². The Bertz CT molecular complexity index is 699. The van der Waals surface area contributed by atoms with E-state index in [4.69, 9.17) is 15.2 Å². The second kappa shape index (κ2) is 7.72. The summed E-state index contributed by atoms with van der Waals surface area (Å²) in [4.78, 5) is 29.1. The third-order valence-electron chi connectivity index (χ3n) is 5.27. The van der Waals surface area contributed by atoms with E-state index in [2.05, 4.69) is 0 Å². The number of anilines is 1. The van der Waals surface area contributed by atoms with Gasteiger partial charge in [-0.05, 0) is 31.4 Å². The van der Waals surface area contributed by atoms with Crippen LogP contribution in [0.4, 0.5) is 5.69 Å². The molecule has 4 rings (SSSR count). The summed E-state index contributed by atoms with van der Waals surface area (Å²) in [6.45, 7) is 2.73. The molecule has 2 fully saturated rings. The average molecular weight is 382 g/mol. The highest BCUT2D eigenvalue weighted by Gasteiger charge is 2.42. The summed E-state index contributed by atoms with van der Waals surface area (Å²) in [6.07, 6.45) is 2.43. The van der Waals surface area contributed by atoms with Crippen LogP contribution in [-0.4, -0.2) is 55.6 Å². The van der Waals surface area contributed by atoms with Crippen LogP contribution in [-0.2, 0) is 9.59 Å². The first-order valence-electron chi connectivity index (χ1n) is 8.90. The molecule has 26 heavy (non-hydrogen) atoms. The molecule has 0 aromatic heterocycles. The van der Waals surface area contributed by atoms with E-state index in [0.717, 1.165) is 18.5 Å². The molecule has 0 radical (unpaired) electrons. The van der Waals surface area contributed by atoms with Crippen molar-refractivity contribution in [3.8, 4) is 11.5 Å². The molecular formula is C18H24ClN3O4. The fourth-order valence-electron chi connectivity index (χ4n) is 3.94. The SMILES string of the molecule is Cl.NCC1CCCN1C(=O)C1CCN(c2ccc3c(c2)OCCO3)C1=O. The summed E-state index contributed by atoms with van der Waals surface area (Å²) < 4.78 is 11.1. The van der Waals surface area contributed by atoms with Crippen molar-refractivity contribution in [3.05, 3.63) is 18.2 Å². The molecule has 1 aromatic rings. The molecule has 2 saturated heterocycles. The molecule has 0 saturated carbocycles. The van der Waals surface area contributed by atoms with E-state index in [1.165, 1.54) is 0 Å². The van der Waals surface area contributed by atoms with Gasteiger partial charge in [0.2, 0.25) is 11.8 Å². The highest BCUT2D eigenvalue weighted by atomic mass is 35.5. The van der Waals surface area contributed by atoms with Gasteiger partial charge in [-0.2, -0.15) is 0 Å². The van der Waals surface area contributed by atoms with Crippen molar-refractivity contribution < 1.29 is 19.1 Å². The molecule has 3 aliphatic rings. The zero-order chi connectivity index (χ0) is 17.4. The Hall–Kier alpha value is -1.99. The van der Waals surface area contributed by atoms with Crippen molar-refractivity contribution >= 4 is 29.9 Å². The Morgan fingerprint density at radius 3 is 2.69 bits per heavy atom. The van der Waals surface area contributed by atoms with Crippen LogP contribution in [0.5, 0.6) is 11.5 Å². The highest BCUT2D eigenvalue weighted by Crippen LogP contribution is 2.36. The summed E-state index contributed by atoms with van der Waals surface area (Å²) in [7, 11) is 0. The number of hydrogen-bond acceptors (Lipinski definition) is 5. The fraction of sp³-hybridized carbons (Fsp3) is 0.556. The lowest BCUT2D eigenvalue weighted by atomic mass is 10.1. The average Bonchev–Trinajstić information content (AvgIpc) is 3.27. The number of nitrogens with two attached hydrogens (primary N) is 1.